The van der Waals surface area contributed by atoms with Crippen molar-refractivity contribution in [2.24, 2.45) is 0 Å². The van der Waals surface area contributed by atoms with Crippen LogP contribution in [0.25, 0.3) is 28.2 Å². The van der Waals surface area contributed by atoms with E-state index >= 15 is 0 Å². The molecule has 0 radical (unpaired) electrons. The van der Waals surface area contributed by atoms with Crippen molar-refractivity contribution in [1.82, 2.24) is 14.6 Å². The molecule has 0 aliphatic carbocycles. The Hall–Kier alpha value is -3.45. The minimum Gasteiger partial charge on any atom is -0.476 e. The molecule has 1 N–H and O–H groups in total. The maximum absolute atomic E-state index is 13.3. The molecule has 2 aromatic heterocycles. The molecule has 134 valence electrons. The molecule has 4 rings (SSSR count). The lowest BCUT2D eigenvalue weighted by Gasteiger charge is -2.10. The number of nitrogens with zero attached hydrogens (tertiary/aromatic N) is 3. The molecule has 0 spiro atoms. The van der Waals surface area contributed by atoms with Gasteiger partial charge in [-0.1, -0.05) is 12.1 Å². The number of carboxylic acids is 1. The van der Waals surface area contributed by atoms with Crippen LogP contribution in [0.4, 0.5) is 4.39 Å². The Morgan fingerprint density at radius 2 is 1.85 bits per heavy atom. The molecule has 0 bridgehead atoms. The second kappa shape index (κ2) is 6.69. The molecule has 4 aromatic rings. The van der Waals surface area contributed by atoms with Crippen molar-refractivity contribution in [3.05, 3.63) is 72.2 Å². The molecule has 6 nitrogen and oxygen atoms in total. The first-order valence-corrected chi connectivity index (χ1v) is 8.16. The fourth-order valence-corrected chi connectivity index (χ4v) is 2.92. The second-order valence-electron chi connectivity index (χ2n) is 5.71. The molecular formula is C19H11ClFN3O3. The first-order chi connectivity index (χ1) is 13.1. The Morgan fingerprint density at radius 1 is 1.11 bits per heavy atom. The van der Waals surface area contributed by atoms with Gasteiger partial charge >= 0.3 is 5.97 Å². The van der Waals surface area contributed by atoms with Crippen molar-refractivity contribution >= 4 is 23.5 Å². The van der Waals surface area contributed by atoms with E-state index in [9.17, 15) is 14.3 Å². The number of hydrogen-bond acceptors (Lipinski definition) is 4. The monoisotopic (exact) mass is 383 g/mol. The molecule has 0 atom stereocenters. The normalized spacial score (nSPS) is 10.9. The summed E-state index contributed by atoms with van der Waals surface area (Å²) in [6.07, 6.45) is 0. The van der Waals surface area contributed by atoms with E-state index in [1.165, 1.54) is 22.7 Å². The zero-order chi connectivity index (χ0) is 19.0. The second-order valence-corrected chi connectivity index (χ2v) is 5.87. The van der Waals surface area contributed by atoms with E-state index in [-0.39, 0.29) is 11.5 Å². The Labute approximate surface area is 157 Å². The molecule has 0 aliphatic heterocycles. The molecule has 8 heteroatoms. The minimum atomic E-state index is -1.17. The van der Waals surface area contributed by atoms with E-state index in [0.717, 1.165) is 0 Å². The van der Waals surface area contributed by atoms with Crippen molar-refractivity contribution in [2.45, 2.75) is 0 Å². The number of aromatic carboxylic acids is 1. The maximum Gasteiger partial charge on any atom is 0.356 e. The van der Waals surface area contributed by atoms with Gasteiger partial charge < -0.3 is 9.40 Å². The number of hydrogen-bond donors (Lipinski definition) is 1. The van der Waals surface area contributed by atoms with Gasteiger partial charge in [-0.2, -0.15) is 5.10 Å². The van der Waals surface area contributed by atoms with Gasteiger partial charge in [0.25, 0.3) is 0 Å². The summed E-state index contributed by atoms with van der Waals surface area (Å²) < 4.78 is 19.6. The number of benzene rings is 2. The average molecular weight is 384 g/mol. The van der Waals surface area contributed by atoms with Crippen molar-refractivity contribution in [3.63, 3.8) is 0 Å². The first-order valence-electron chi connectivity index (χ1n) is 7.85. The van der Waals surface area contributed by atoms with Gasteiger partial charge in [-0.15, -0.1) is 0 Å². The zero-order valence-corrected chi connectivity index (χ0v) is 14.4. The molecule has 27 heavy (non-hydrogen) atoms. The smallest absolute Gasteiger partial charge is 0.356 e. The summed E-state index contributed by atoms with van der Waals surface area (Å²) in [6, 6.07) is 15.9. The first kappa shape index (κ1) is 17.0. The van der Waals surface area contributed by atoms with Crippen LogP contribution in [0, 0.1) is 5.82 Å². The average Bonchev–Trinajstić information content (AvgIpc) is 3.12. The standard InChI is InChI=1S/C19H11ClFN3O3/c20-27-17-4-2-1-3-13(17)16-9-14(11-5-7-12(21)8-6-11)22-18-10-15(19(25)26)23-24(16)18/h1-10H,(H,25,26). The largest absolute Gasteiger partial charge is 0.476 e. The lowest BCUT2D eigenvalue weighted by atomic mass is 10.1. The number of fused-ring (bicyclic) bond motifs is 1. The molecule has 2 heterocycles. The van der Waals surface area contributed by atoms with Crippen molar-refractivity contribution in [3.8, 4) is 28.3 Å². The van der Waals surface area contributed by atoms with Crippen LogP contribution in [0.1, 0.15) is 10.5 Å². The van der Waals surface area contributed by atoms with E-state index in [4.69, 9.17) is 16.2 Å². The lowest BCUT2D eigenvalue weighted by Crippen LogP contribution is -2.01. The van der Waals surface area contributed by atoms with Gasteiger partial charge in [0.05, 0.1) is 11.4 Å². The summed E-state index contributed by atoms with van der Waals surface area (Å²) in [5, 5.41) is 13.4. The van der Waals surface area contributed by atoms with E-state index in [2.05, 4.69) is 10.1 Å². The summed E-state index contributed by atoms with van der Waals surface area (Å²) in [5.41, 5.74) is 2.51. The predicted octanol–water partition coefficient (Wildman–Crippen LogP) is 4.43. The molecule has 0 unspecified atom stereocenters. The van der Waals surface area contributed by atoms with Gasteiger partial charge in [-0.3, -0.25) is 0 Å². The highest BCUT2D eigenvalue weighted by Crippen LogP contribution is 2.33. The Morgan fingerprint density at radius 3 is 2.56 bits per heavy atom. The van der Waals surface area contributed by atoms with Crippen molar-refractivity contribution < 1.29 is 18.6 Å². The molecule has 0 saturated carbocycles. The third kappa shape index (κ3) is 3.09. The summed E-state index contributed by atoms with van der Waals surface area (Å²) in [6.45, 7) is 0. The molecule has 0 amide bonds. The highest BCUT2D eigenvalue weighted by atomic mass is 35.5. The number of halogens is 2. The molecule has 0 fully saturated rings. The predicted molar refractivity (Wildman–Crippen MR) is 97.3 cm³/mol. The fourth-order valence-electron chi connectivity index (χ4n) is 2.78. The number of para-hydroxylation sites is 1. The topological polar surface area (TPSA) is 76.7 Å². The van der Waals surface area contributed by atoms with Crippen LogP contribution in [-0.4, -0.2) is 25.7 Å². The zero-order valence-electron chi connectivity index (χ0n) is 13.6. The minimum absolute atomic E-state index is 0.149. The Kier molecular flexibility index (Phi) is 4.21. The highest BCUT2D eigenvalue weighted by molar-refractivity contribution is 6.09. The van der Waals surface area contributed by atoms with E-state index in [1.54, 1.807) is 42.5 Å². The molecule has 0 aliphatic rings. The number of rotatable bonds is 4. The van der Waals surface area contributed by atoms with Gasteiger partial charge in [0, 0.05) is 17.2 Å². The quantitative estimate of drug-likeness (QED) is 0.564. The van der Waals surface area contributed by atoms with Crippen LogP contribution in [0.3, 0.4) is 0 Å². The van der Waals surface area contributed by atoms with Crippen LogP contribution in [0.2, 0.25) is 0 Å². The Bertz CT molecular complexity index is 1160. The summed E-state index contributed by atoms with van der Waals surface area (Å²) in [7, 11) is 0. The molecular weight excluding hydrogens is 373 g/mol. The van der Waals surface area contributed by atoms with Gasteiger partial charge in [0.15, 0.2) is 17.1 Å². The third-order valence-corrected chi connectivity index (χ3v) is 4.20. The van der Waals surface area contributed by atoms with Gasteiger partial charge in [-0.25, -0.2) is 18.7 Å². The van der Waals surface area contributed by atoms with Crippen LogP contribution < -0.4 is 4.29 Å². The van der Waals surface area contributed by atoms with E-state index in [1.807, 2.05) is 0 Å². The Balaban J connectivity index is 2.02. The van der Waals surface area contributed by atoms with Crippen LogP contribution >= 0.6 is 11.9 Å². The number of carbonyl (C=O) groups is 1. The summed E-state index contributed by atoms with van der Waals surface area (Å²) >= 11 is 5.58. The van der Waals surface area contributed by atoms with Crippen molar-refractivity contribution in [2.75, 3.05) is 0 Å². The fraction of sp³-hybridized carbons (Fsp3) is 0. The van der Waals surface area contributed by atoms with E-state index < -0.39 is 5.97 Å². The summed E-state index contributed by atoms with van der Waals surface area (Å²) in [5.74, 6) is -1.15. The number of carboxylic acid groups (broad SMARTS) is 1. The van der Waals surface area contributed by atoms with Crippen LogP contribution in [-0.2, 0) is 0 Å². The third-order valence-electron chi connectivity index (χ3n) is 4.03. The van der Waals surface area contributed by atoms with Crippen LogP contribution in [0.15, 0.2) is 60.7 Å². The molecule has 0 saturated heterocycles. The molecule has 2 aromatic carbocycles. The lowest BCUT2D eigenvalue weighted by molar-refractivity contribution is 0.0690. The number of aromatic nitrogens is 3. The van der Waals surface area contributed by atoms with Crippen molar-refractivity contribution in [1.29, 1.82) is 0 Å². The van der Waals surface area contributed by atoms with Gasteiger partial charge in [0.1, 0.15) is 17.7 Å². The van der Waals surface area contributed by atoms with Crippen LogP contribution in [0.5, 0.6) is 5.75 Å². The highest BCUT2D eigenvalue weighted by Gasteiger charge is 2.17. The van der Waals surface area contributed by atoms with Gasteiger partial charge in [-0.05, 0) is 42.5 Å². The maximum atomic E-state index is 13.3. The summed E-state index contributed by atoms with van der Waals surface area (Å²) in [4.78, 5) is 15.8. The van der Waals surface area contributed by atoms with E-state index in [0.29, 0.717) is 33.9 Å². The van der Waals surface area contributed by atoms with Gasteiger partial charge in [0.2, 0.25) is 0 Å². The SMILES string of the molecule is O=C(O)c1cc2nc(-c3ccc(F)cc3)cc(-c3ccccc3OCl)n2n1.